The minimum Gasteiger partial charge on any atom is -0.481 e. The topological polar surface area (TPSA) is 51.2 Å². The smallest absolute Gasteiger partial charge is 0.258 e. The zero-order valence-electron chi connectivity index (χ0n) is 13.5. The Morgan fingerprint density at radius 3 is 2.68 bits per heavy atom. The van der Waals surface area contributed by atoms with Crippen LogP contribution in [0.15, 0.2) is 54.7 Å². The summed E-state index contributed by atoms with van der Waals surface area (Å²) >= 11 is 12.0. The molecule has 0 aliphatic heterocycles. The fraction of sp³-hybridized carbons (Fsp3) is 0.158. The summed E-state index contributed by atoms with van der Waals surface area (Å²) in [6.07, 6.45) is 1.66. The van der Waals surface area contributed by atoms with Crippen molar-refractivity contribution in [3.05, 3.63) is 70.3 Å². The molecule has 6 heteroatoms. The monoisotopic (exact) mass is 374 g/mol. The van der Waals surface area contributed by atoms with Crippen LogP contribution < -0.4 is 10.1 Å². The Kier molecular flexibility index (Phi) is 5.41. The normalized spacial score (nSPS) is 12.0. The van der Waals surface area contributed by atoms with Crippen LogP contribution >= 0.6 is 23.2 Å². The number of fused-ring (bicyclic) bond motifs is 1. The zero-order valence-corrected chi connectivity index (χ0v) is 15.0. The molecular formula is C19H16Cl2N2O2. The van der Waals surface area contributed by atoms with E-state index in [4.69, 9.17) is 27.9 Å². The first-order valence-corrected chi connectivity index (χ1v) is 8.51. The van der Waals surface area contributed by atoms with Gasteiger partial charge in [-0.1, -0.05) is 35.3 Å². The highest BCUT2D eigenvalue weighted by Gasteiger charge is 2.12. The Bertz CT molecular complexity index is 898. The summed E-state index contributed by atoms with van der Waals surface area (Å²) in [5.41, 5.74) is 1.60. The Labute approximate surface area is 155 Å². The van der Waals surface area contributed by atoms with E-state index in [1.54, 1.807) is 36.5 Å². The molecule has 1 aromatic heterocycles. The number of hydrogen-bond donors (Lipinski definition) is 1. The number of carbonyl (C=O) groups excluding carboxylic acids is 1. The highest BCUT2D eigenvalue weighted by Crippen LogP contribution is 2.29. The largest absolute Gasteiger partial charge is 0.481 e. The van der Waals surface area contributed by atoms with Crippen molar-refractivity contribution in [3.8, 4) is 5.75 Å². The van der Waals surface area contributed by atoms with Gasteiger partial charge in [0.1, 0.15) is 11.3 Å². The van der Waals surface area contributed by atoms with Gasteiger partial charge in [-0.15, -0.1) is 0 Å². The number of benzene rings is 2. The lowest BCUT2D eigenvalue weighted by Crippen LogP contribution is -2.31. The third-order valence-electron chi connectivity index (χ3n) is 3.79. The second-order valence-corrected chi connectivity index (χ2v) is 6.42. The lowest BCUT2D eigenvalue weighted by Gasteiger charge is -2.15. The molecule has 1 heterocycles. The van der Waals surface area contributed by atoms with Gasteiger partial charge >= 0.3 is 0 Å². The molecule has 3 aromatic rings. The fourth-order valence-corrected chi connectivity index (χ4v) is 2.83. The number of pyridine rings is 1. The first-order chi connectivity index (χ1) is 12.0. The van der Waals surface area contributed by atoms with Crippen molar-refractivity contribution in [3.63, 3.8) is 0 Å². The van der Waals surface area contributed by atoms with E-state index in [-0.39, 0.29) is 18.6 Å². The molecule has 2 aromatic carbocycles. The average Bonchev–Trinajstić information content (AvgIpc) is 2.62. The first-order valence-electron chi connectivity index (χ1n) is 7.75. The number of nitrogens with zero attached hydrogens (tertiary/aromatic N) is 1. The predicted octanol–water partition coefficient (Wildman–Crippen LogP) is 4.80. The maximum Gasteiger partial charge on any atom is 0.258 e. The van der Waals surface area contributed by atoms with E-state index in [1.807, 2.05) is 25.1 Å². The Balaban J connectivity index is 1.65. The molecule has 1 amide bonds. The summed E-state index contributed by atoms with van der Waals surface area (Å²) < 4.78 is 5.64. The predicted molar refractivity (Wildman–Crippen MR) is 100 cm³/mol. The Morgan fingerprint density at radius 1 is 1.16 bits per heavy atom. The quantitative estimate of drug-likeness (QED) is 0.697. The van der Waals surface area contributed by atoms with Crippen molar-refractivity contribution in [2.24, 2.45) is 0 Å². The third kappa shape index (κ3) is 4.21. The molecule has 128 valence electrons. The van der Waals surface area contributed by atoms with E-state index < -0.39 is 0 Å². The maximum absolute atomic E-state index is 12.2. The molecule has 3 rings (SSSR count). The molecular weight excluding hydrogens is 359 g/mol. The summed E-state index contributed by atoms with van der Waals surface area (Å²) in [4.78, 5) is 16.4. The minimum absolute atomic E-state index is 0.106. The second-order valence-electron chi connectivity index (χ2n) is 5.57. The van der Waals surface area contributed by atoms with Crippen molar-refractivity contribution < 1.29 is 9.53 Å². The van der Waals surface area contributed by atoms with E-state index >= 15 is 0 Å². The molecule has 1 N–H and O–H groups in total. The molecule has 0 aliphatic rings. The van der Waals surface area contributed by atoms with Crippen LogP contribution in [0.1, 0.15) is 18.5 Å². The fourth-order valence-electron chi connectivity index (χ4n) is 2.49. The summed E-state index contributed by atoms with van der Waals surface area (Å²) in [7, 11) is 0. The summed E-state index contributed by atoms with van der Waals surface area (Å²) in [5.74, 6) is 0.302. The number of halogens is 2. The first kappa shape index (κ1) is 17.5. The number of nitrogens with one attached hydrogen (secondary N) is 1. The SMILES string of the molecule is C[C@@H](NC(=O)COc1ccc(Cl)c2cccnc12)c1ccc(Cl)cc1. The summed E-state index contributed by atoms with van der Waals surface area (Å²) in [6.45, 7) is 1.80. The van der Waals surface area contributed by atoms with Gasteiger partial charge in [-0.05, 0) is 48.9 Å². The lowest BCUT2D eigenvalue weighted by molar-refractivity contribution is -0.123. The van der Waals surface area contributed by atoms with Crippen molar-refractivity contribution in [2.75, 3.05) is 6.61 Å². The molecule has 0 saturated heterocycles. The van der Waals surface area contributed by atoms with Gasteiger partial charge in [0.2, 0.25) is 0 Å². The Morgan fingerprint density at radius 2 is 1.92 bits per heavy atom. The highest BCUT2D eigenvalue weighted by molar-refractivity contribution is 6.35. The van der Waals surface area contributed by atoms with Crippen molar-refractivity contribution in [1.29, 1.82) is 0 Å². The maximum atomic E-state index is 12.2. The zero-order chi connectivity index (χ0) is 17.8. The van der Waals surface area contributed by atoms with Gasteiger partial charge in [0.05, 0.1) is 11.1 Å². The van der Waals surface area contributed by atoms with E-state index in [9.17, 15) is 4.79 Å². The van der Waals surface area contributed by atoms with Crippen LogP contribution in [0, 0.1) is 0 Å². The molecule has 25 heavy (non-hydrogen) atoms. The van der Waals surface area contributed by atoms with Gasteiger partial charge in [0.25, 0.3) is 5.91 Å². The molecule has 0 bridgehead atoms. The molecule has 0 saturated carbocycles. The standard InChI is InChI=1S/C19H16Cl2N2O2/c1-12(13-4-6-14(20)7-5-13)23-18(24)11-25-17-9-8-16(21)15-3-2-10-22-19(15)17/h2-10,12H,11H2,1H3,(H,23,24)/t12-/m1/s1. The number of carbonyl (C=O) groups is 1. The van der Waals surface area contributed by atoms with E-state index in [2.05, 4.69) is 10.3 Å². The van der Waals surface area contributed by atoms with Crippen LogP contribution in [0.3, 0.4) is 0 Å². The molecule has 0 radical (unpaired) electrons. The van der Waals surface area contributed by atoms with Crippen LogP contribution in [0.2, 0.25) is 10.0 Å². The molecule has 0 aliphatic carbocycles. The molecule has 0 fully saturated rings. The number of ether oxygens (including phenoxy) is 1. The van der Waals surface area contributed by atoms with Crippen LogP contribution in [-0.4, -0.2) is 17.5 Å². The number of aromatic nitrogens is 1. The summed E-state index contributed by atoms with van der Waals surface area (Å²) in [6, 6.07) is 14.3. The van der Waals surface area contributed by atoms with Crippen LogP contribution in [0.4, 0.5) is 0 Å². The van der Waals surface area contributed by atoms with Crippen LogP contribution in [-0.2, 0) is 4.79 Å². The highest BCUT2D eigenvalue weighted by atomic mass is 35.5. The molecule has 1 atom stereocenters. The van der Waals surface area contributed by atoms with E-state index in [1.165, 1.54) is 0 Å². The number of rotatable bonds is 5. The van der Waals surface area contributed by atoms with Gasteiger partial charge in [-0.25, -0.2) is 0 Å². The lowest BCUT2D eigenvalue weighted by atomic mass is 10.1. The summed E-state index contributed by atoms with van der Waals surface area (Å²) in [5, 5.41) is 4.93. The Hall–Kier alpha value is -2.30. The number of amides is 1. The van der Waals surface area contributed by atoms with Crippen molar-refractivity contribution >= 4 is 40.0 Å². The van der Waals surface area contributed by atoms with E-state index in [0.717, 1.165) is 10.9 Å². The van der Waals surface area contributed by atoms with Gasteiger partial charge in [0, 0.05) is 16.6 Å². The van der Waals surface area contributed by atoms with Gasteiger partial charge < -0.3 is 10.1 Å². The average molecular weight is 375 g/mol. The molecule has 0 spiro atoms. The second kappa shape index (κ2) is 7.72. The van der Waals surface area contributed by atoms with Gasteiger partial charge in [-0.2, -0.15) is 0 Å². The van der Waals surface area contributed by atoms with E-state index in [0.29, 0.717) is 21.3 Å². The van der Waals surface area contributed by atoms with Gasteiger partial charge in [-0.3, -0.25) is 9.78 Å². The number of hydrogen-bond acceptors (Lipinski definition) is 3. The van der Waals surface area contributed by atoms with Gasteiger partial charge in [0.15, 0.2) is 6.61 Å². The van der Waals surface area contributed by atoms with Crippen molar-refractivity contribution in [1.82, 2.24) is 10.3 Å². The van der Waals surface area contributed by atoms with Crippen LogP contribution in [0.5, 0.6) is 5.75 Å². The molecule has 4 nitrogen and oxygen atoms in total. The van der Waals surface area contributed by atoms with Crippen LogP contribution in [0.25, 0.3) is 10.9 Å². The van der Waals surface area contributed by atoms with Crippen molar-refractivity contribution in [2.45, 2.75) is 13.0 Å². The third-order valence-corrected chi connectivity index (χ3v) is 4.37. The molecule has 0 unspecified atom stereocenters. The minimum atomic E-state index is -0.221.